The van der Waals surface area contributed by atoms with E-state index in [4.69, 9.17) is 11.6 Å². The molecule has 0 saturated carbocycles. The lowest BCUT2D eigenvalue weighted by Crippen LogP contribution is -2.24. The lowest BCUT2D eigenvalue weighted by molar-refractivity contribution is -0.115. The van der Waals surface area contributed by atoms with Gasteiger partial charge in [-0.25, -0.2) is 4.99 Å². The van der Waals surface area contributed by atoms with Gasteiger partial charge in [0.2, 0.25) is 0 Å². The van der Waals surface area contributed by atoms with Gasteiger partial charge in [-0.15, -0.1) is 0 Å². The Morgan fingerprint density at radius 2 is 1.95 bits per heavy atom. The highest BCUT2D eigenvalue weighted by molar-refractivity contribution is 9.10. The van der Waals surface area contributed by atoms with Gasteiger partial charge in [-0.2, -0.15) is 0 Å². The highest BCUT2D eigenvalue weighted by Crippen LogP contribution is 2.21. The zero-order valence-electron chi connectivity index (χ0n) is 10.8. The monoisotopic (exact) mass is 360 g/mol. The van der Waals surface area contributed by atoms with Crippen molar-refractivity contribution in [3.05, 3.63) is 74.9 Å². The molecule has 1 amide bonds. The van der Waals surface area contributed by atoms with Gasteiger partial charge in [0.05, 0.1) is 5.02 Å². The molecule has 1 aliphatic rings. The molecule has 5 heteroatoms. The van der Waals surface area contributed by atoms with Crippen molar-refractivity contribution in [2.45, 2.75) is 0 Å². The number of amides is 1. The number of carbonyl (C=O) groups excluding carboxylic acids is 1. The molecule has 0 aliphatic carbocycles. The van der Waals surface area contributed by atoms with Crippen LogP contribution in [0.4, 0.5) is 0 Å². The largest absolute Gasteiger partial charge is 0.305 e. The summed E-state index contributed by atoms with van der Waals surface area (Å²) in [6.45, 7) is 0. The van der Waals surface area contributed by atoms with E-state index in [1.165, 1.54) is 0 Å². The number of aliphatic imine (C=N–C) groups is 1. The summed E-state index contributed by atoms with van der Waals surface area (Å²) in [4.78, 5) is 16.4. The summed E-state index contributed by atoms with van der Waals surface area (Å²) in [5.74, 6) is 0.247. The van der Waals surface area contributed by atoms with Crippen LogP contribution in [-0.4, -0.2) is 11.7 Å². The Hall–Kier alpha value is -1.91. The highest BCUT2D eigenvalue weighted by Gasteiger charge is 2.22. The number of hydrogen-bond donors (Lipinski definition) is 1. The molecule has 1 N–H and O–H groups in total. The Balaban J connectivity index is 1.98. The molecule has 1 aliphatic heterocycles. The minimum atomic E-state index is -0.232. The van der Waals surface area contributed by atoms with Crippen molar-refractivity contribution in [2.75, 3.05) is 0 Å². The molecule has 1 heterocycles. The normalized spacial score (nSPS) is 16.0. The number of carbonyl (C=O) groups is 1. The maximum atomic E-state index is 12.0. The third-order valence-corrected chi connectivity index (χ3v) is 3.80. The van der Waals surface area contributed by atoms with E-state index in [1.54, 1.807) is 12.1 Å². The van der Waals surface area contributed by atoms with Gasteiger partial charge in [-0.3, -0.25) is 4.79 Å². The Labute approximate surface area is 135 Å². The van der Waals surface area contributed by atoms with Crippen LogP contribution in [0, 0.1) is 0 Å². The molecule has 0 saturated heterocycles. The van der Waals surface area contributed by atoms with E-state index in [0.717, 1.165) is 10.0 Å². The summed E-state index contributed by atoms with van der Waals surface area (Å²) >= 11 is 9.52. The summed E-state index contributed by atoms with van der Waals surface area (Å²) in [6.07, 6.45) is 1.74. The number of amidine groups is 1. The van der Waals surface area contributed by atoms with Gasteiger partial charge >= 0.3 is 0 Å². The predicted molar refractivity (Wildman–Crippen MR) is 88.3 cm³/mol. The maximum Gasteiger partial charge on any atom is 0.275 e. The first-order valence-corrected chi connectivity index (χ1v) is 7.43. The van der Waals surface area contributed by atoms with Crippen molar-refractivity contribution in [1.82, 2.24) is 5.32 Å². The van der Waals surface area contributed by atoms with Crippen LogP contribution >= 0.6 is 27.5 Å². The lowest BCUT2D eigenvalue weighted by Gasteiger charge is -2.01. The molecular weight excluding hydrogens is 352 g/mol. The summed E-state index contributed by atoms with van der Waals surface area (Å²) in [6, 6.07) is 14.9. The van der Waals surface area contributed by atoms with Crippen LogP contribution in [0.1, 0.15) is 11.1 Å². The second-order valence-corrected chi connectivity index (χ2v) is 5.80. The van der Waals surface area contributed by atoms with Crippen molar-refractivity contribution >= 4 is 45.3 Å². The summed E-state index contributed by atoms with van der Waals surface area (Å²) < 4.78 is 0.950. The standard InChI is InChI=1S/C16H10BrClN2O/c17-11-5-3-4-10(8-11)9-14-16(21)20-15(19-14)12-6-1-2-7-13(12)18/h1-9H,(H,19,20,21)/b14-9-. The fourth-order valence-corrected chi connectivity index (χ4v) is 2.65. The highest BCUT2D eigenvalue weighted by atomic mass is 79.9. The van der Waals surface area contributed by atoms with Gasteiger partial charge in [0.25, 0.3) is 5.91 Å². The van der Waals surface area contributed by atoms with Crippen LogP contribution < -0.4 is 5.32 Å². The van der Waals surface area contributed by atoms with Gasteiger partial charge in [0.1, 0.15) is 11.5 Å². The molecule has 0 atom stereocenters. The van der Waals surface area contributed by atoms with Crippen molar-refractivity contribution < 1.29 is 4.79 Å². The molecule has 0 unspecified atom stereocenters. The summed E-state index contributed by atoms with van der Waals surface area (Å²) in [5.41, 5.74) is 1.98. The Bertz CT molecular complexity index is 783. The van der Waals surface area contributed by atoms with Crippen LogP contribution in [0.2, 0.25) is 5.02 Å². The number of hydrogen-bond acceptors (Lipinski definition) is 2. The van der Waals surface area contributed by atoms with E-state index >= 15 is 0 Å². The smallest absolute Gasteiger partial charge is 0.275 e. The zero-order valence-corrected chi connectivity index (χ0v) is 13.1. The van der Waals surface area contributed by atoms with Gasteiger partial charge in [0, 0.05) is 10.0 Å². The third-order valence-electron chi connectivity index (χ3n) is 2.98. The van der Waals surface area contributed by atoms with Gasteiger partial charge in [-0.05, 0) is 35.9 Å². The number of rotatable bonds is 2. The van der Waals surface area contributed by atoms with Crippen LogP contribution in [0.3, 0.4) is 0 Å². The average Bonchev–Trinajstić information content (AvgIpc) is 2.80. The molecule has 0 spiro atoms. The maximum absolute atomic E-state index is 12.0. The summed E-state index contributed by atoms with van der Waals surface area (Å²) in [7, 11) is 0. The molecule has 3 nitrogen and oxygen atoms in total. The second kappa shape index (κ2) is 5.84. The topological polar surface area (TPSA) is 41.5 Å². The van der Waals surface area contributed by atoms with E-state index < -0.39 is 0 Å². The Morgan fingerprint density at radius 3 is 2.71 bits per heavy atom. The van der Waals surface area contributed by atoms with Gasteiger partial charge in [-0.1, -0.05) is 51.8 Å². The number of nitrogens with zero attached hydrogens (tertiary/aromatic N) is 1. The van der Waals surface area contributed by atoms with Crippen LogP contribution in [-0.2, 0) is 4.79 Å². The molecule has 104 valence electrons. The van der Waals surface area contributed by atoms with Gasteiger partial charge < -0.3 is 5.32 Å². The van der Waals surface area contributed by atoms with Gasteiger partial charge in [0.15, 0.2) is 0 Å². The minimum absolute atomic E-state index is 0.232. The second-order valence-electron chi connectivity index (χ2n) is 4.48. The lowest BCUT2D eigenvalue weighted by atomic mass is 10.2. The molecule has 2 aromatic rings. The van der Waals surface area contributed by atoms with Crippen molar-refractivity contribution in [2.24, 2.45) is 4.99 Å². The Kier molecular flexibility index (Phi) is 3.90. The fraction of sp³-hybridized carbons (Fsp3) is 0. The molecule has 0 fully saturated rings. The van der Waals surface area contributed by atoms with E-state index in [-0.39, 0.29) is 5.91 Å². The molecule has 0 radical (unpaired) electrons. The first-order chi connectivity index (χ1) is 10.1. The molecule has 2 aromatic carbocycles. The number of nitrogens with one attached hydrogen (secondary N) is 1. The van der Waals surface area contributed by atoms with Crippen LogP contribution in [0.25, 0.3) is 6.08 Å². The molecule has 0 bridgehead atoms. The van der Waals surface area contributed by atoms with E-state index in [0.29, 0.717) is 22.1 Å². The molecular formula is C16H10BrClN2O. The van der Waals surface area contributed by atoms with Crippen molar-refractivity contribution in [3.8, 4) is 0 Å². The molecule has 21 heavy (non-hydrogen) atoms. The number of benzene rings is 2. The van der Waals surface area contributed by atoms with E-state index in [9.17, 15) is 4.79 Å². The first-order valence-electron chi connectivity index (χ1n) is 6.26. The fourth-order valence-electron chi connectivity index (χ4n) is 2.00. The van der Waals surface area contributed by atoms with Crippen molar-refractivity contribution in [1.29, 1.82) is 0 Å². The first kappa shape index (κ1) is 14.0. The average molecular weight is 362 g/mol. The third kappa shape index (κ3) is 3.06. The minimum Gasteiger partial charge on any atom is -0.305 e. The number of halogens is 2. The van der Waals surface area contributed by atoms with Crippen LogP contribution in [0.5, 0.6) is 0 Å². The predicted octanol–water partition coefficient (Wildman–Crippen LogP) is 4.02. The molecule has 3 rings (SSSR count). The van der Waals surface area contributed by atoms with E-state index in [1.807, 2.05) is 42.5 Å². The SMILES string of the molecule is O=C1NC(c2ccccc2Cl)=N/C1=C\c1cccc(Br)c1. The zero-order chi connectivity index (χ0) is 14.8. The quantitative estimate of drug-likeness (QED) is 0.807. The Morgan fingerprint density at radius 1 is 1.14 bits per heavy atom. The molecule has 0 aromatic heterocycles. The van der Waals surface area contributed by atoms with E-state index in [2.05, 4.69) is 26.2 Å². The van der Waals surface area contributed by atoms with Crippen LogP contribution in [0.15, 0.2) is 63.7 Å². The summed E-state index contributed by atoms with van der Waals surface area (Å²) in [5, 5.41) is 3.30. The van der Waals surface area contributed by atoms with Crippen molar-refractivity contribution in [3.63, 3.8) is 0 Å².